The van der Waals surface area contributed by atoms with Crippen molar-refractivity contribution in [3.05, 3.63) is 54.1 Å². The van der Waals surface area contributed by atoms with Crippen molar-refractivity contribution in [3.63, 3.8) is 0 Å². The Morgan fingerprint density at radius 2 is 1.87 bits per heavy atom. The van der Waals surface area contributed by atoms with Gasteiger partial charge in [0.1, 0.15) is 0 Å². The molecule has 0 radical (unpaired) electrons. The van der Waals surface area contributed by atoms with Crippen LogP contribution in [0.1, 0.15) is 24.8 Å². The maximum atomic E-state index is 12.3. The topological polar surface area (TPSA) is 54.0 Å². The molecule has 2 aliphatic heterocycles. The van der Waals surface area contributed by atoms with Gasteiger partial charge in [0, 0.05) is 37.8 Å². The number of hydrogen-bond acceptors (Lipinski definition) is 5. The highest BCUT2D eigenvalue weighted by Crippen LogP contribution is 2.34. The summed E-state index contributed by atoms with van der Waals surface area (Å²) in [4.78, 5) is 17.2. The van der Waals surface area contributed by atoms with Crippen LogP contribution >= 0.6 is 0 Å². The molecule has 6 nitrogen and oxygen atoms in total. The normalized spacial score (nSPS) is 16.7. The molecule has 2 aliphatic rings. The number of hydrogen-bond donors (Lipinski definition) is 1. The molecular formula is C24H31N3O3. The van der Waals surface area contributed by atoms with Gasteiger partial charge >= 0.3 is 0 Å². The molecule has 0 spiro atoms. The van der Waals surface area contributed by atoms with Crippen molar-refractivity contribution in [2.45, 2.75) is 25.8 Å². The number of likely N-dealkylation sites (tertiary alicyclic amines) is 1. The van der Waals surface area contributed by atoms with Crippen molar-refractivity contribution in [2.75, 3.05) is 45.3 Å². The van der Waals surface area contributed by atoms with E-state index in [9.17, 15) is 4.79 Å². The van der Waals surface area contributed by atoms with E-state index >= 15 is 0 Å². The fourth-order valence-corrected chi connectivity index (χ4v) is 4.25. The molecule has 6 heteroatoms. The minimum atomic E-state index is 0.0404. The molecule has 160 valence electrons. The number of piperidine rings is 1. The Morgan fingerprint density at radius 3 is 2.67 bits per heavy atom. The zero-order valence-corrected chi connectivity index (χ0v) is 17.7. The lowest BCUT2D eigenvalue weighted by molar-refractivity contribution is -0.116. The lowest BCUT2D eigenvalue weighted by Gasteiger charge is -2.33. The van der Waals surface area contributed by atoms with E-state index in [0.717, 1.165) is 50.1 Å². The Kier molecular flexibility index (Phi) is 6.87. The molecule has 2 aromatic carbocycles. The predicted octanol–water partition coefficient (Wildman–Crippen LogP) is 3.59. The van der Waals surface area contributed by atoms with E-state index in [2.05, 4.69) is 52.5 Å². The molecule has 0 aliphatic carbocycles. The van der Waals surface area contributed by atoms with Crippen LogP contribution in [0.4, 0.5) is 5.69 Å². The molecule has 2 aromatic rings. The SMILES string of the molecule is CN(Cc1ccccc1)CC1CCN(CCC(=O)Nc2ccc3c(c2)OCO3)CC1. The van der Waals surface area contributed by atoms with Crippen molar-refractivity contribution in [3.8, 4) is 11.5 Å². The van der Waals surface area contributed by atoms with Crippen LogP contribution in [0.5, 0.6) is 11.5 Å². The second kappa shape index (κ2) is 9.96. The largest absolute Gasteiger partial charge is 0.454 e. The summed E-state index contributed by atoms with van der Waals surface area (Å²) in [5, 5.41) is 2.96. The lowest BCUT2D eigenvalue weighted by Crippen LogP contribution is -2.38. The van der Waals surface area contributed by atoms with E-state index in [0.29, 0.717) is 12.2 Å². The molecule has 0 aromatic heterocycles. The Morgan fingerprint density at radius 1 is 1.10 bits per heavy atom. The summed E-state index contributed by atoms with van der Waals surface area (Å²) in [5.74, 6) is 2.19. The maximum absolute atomic E-state index is 12.3. The van der Waals surface area contributed by atoms with Crippen LogP contribution in [-0.4, -0.2) is 55.7 Å². The molecule has 30 heavy (non-hydrogen) atoms. The van der Waals surface area contributed by atoms with E-state index in [1.807, 2.05) is 18.2 Å². The van der Waals surface area contributed by atoms with Crippen molar-refractivity contribution in [1.29, 1.82) is 0 Å². The summed E-state index contributed by atoms with van der Waals surface area (Å²) in [5.41, 5.74) is 2.12. The van der Waals surface area contributed by atoms with Crippen molar-refractivity contribution >= 4 is 11.6 Å². The second-order valence-electron chi connectivity index (χ2n) is 8.33. The van der Waals surface area contributed by atoms with Crippen LogP contribution in [-0.2, 0) is 11.3 Å². The molecular weight excluding hydrogens is 378 g/mol. The van der Waals surface area contributed by atoms with Gasteiger partial charge in [-0.1, -0.05) is 30.3 Å². The Balaban J connectivity index is 1.14. The van der Waals surface area contributed by atoms with Gasteiger partial charge in [-0.25, -0.2) is 0 Å². The highest BCUT2D eigenvalue weighted by Gasteiger charge is 2.21. The third kappa shape index (κ3) is 5.74. The number of ether oxygens (including phenoxy) is 2. The van der Waals surface area contributed by atoms with E-state index in [1.165, 1.54) is 18.4 Å². The quantitative estimate of drug-likeness (QED) is 0.722. The molecule has 0 saturated carbocycles. The van der Waals surface area contributed by atoms with Crippen LogP contribution in [0, 0.1) is 5.92 Å². The van der Waals surface area contributed by atoms with Gasteiger partial charge in [-0.3, -0.25) is 4.79 Å². The van der Waals surface area contributed by atoms with E-state index in [-0.39, 0.29) is 12.7 Å². The Hall–Kier alpha value is -2.57. The average Bonchev–Trinajstić information content (AvgIpc) is 3.22. The Bertz CT molecular complexity index is 835. The monoisotopic (exact) mass is 409 g/mol. The fourth-order valence-electron chi connectivity index (χ4n) is 4.25. The minimum absolute atomic E-state index is 0.0404. The first-order valence-electron chi connectivity index (χ1n) is 10.8. The standard InChI is InChI=1S/C24H31N3O3/c1-26(16-19-5-3-2-4-6-19)17-20-9-12-27(13-10-20)14-11-24(28)25-21-7-8-22-23(15-21)30-18-29-22/h2-8,15,20H,9-14,16-18H2,1H3,(H,25,28). The number of nitrogens with zero attached hydrogens (tertiary/aromatic N) is 2. The number of benzene rings is 2. The highest BCUT2D eigenvalue weighted by atomic mass is 16.7. The first-order chi connectivity index (χ1) is 14.7. The van der Waals surface area contributed by atoms with Gasteiger partial charge in [0.2, 0.25) is 12.7 Å². The maximum Gasteiger partial charge on any atom is 0.231 e. The van der Waals surface area contributed by atoms with E-state index in [4.69, 9.17) is 9.47 Å². The summed E-state index contributed by atoms with van der Waals surface area (Å²) in [6.45, 7) is 5.32. The van der Waals surface area contributed by atoms with Crippen molar-refractivity contribution in [1.82, 2.24) is 9.80 Å². The lowest BCUT2D eigenvalue weighted by atomic mass is 9.96. The number of amides is 1. The van der Waals surface area contributed by atoms with Gasteiger partial charge in [-0.05, 0) is 56.6 Å². The zero-order chi connectivity index (χ0) is 20.8. The molecule has 4 rings (SSSR count). The van der Waals surface area contributed by atoms with E-state index < -0.39 is 0 Å². The second-order valence-corrected chi connectivity index (χ2v) is 8.33. The summed E-state index contributed by atoms with van der Waals surface area (Å²) < 4.78 is 10.7. The average molecular weight is 410 g/mol. The van der Waals surface area contributed by atoms with Crippen molar-refractivity contribution < 1.29 is 14.3 Å². The summed E-state index contributed by atoms with van der Waals surface area (Å²) in [7, 11) is 2.21. The summed E-state index contributed by atoms with van der Waals surface area (Å²) in [6, 6.07) is 16.1. The summed E-state index contributed by atoms with van der Waals surface area (Å²) in [6.07, 6.45) is 2.90. The molecule has 2 heterocycles. The number of anilines is 1. The molecule has 0 unspecified atom stereocenters. The van der Waals surface area contributed by atoms with Crippen LogP contribution in [0.15, 0.2) is 48.5 Å². The van der Waals surface area contributed by atoms with Gasteiger partial charge in [-0.2, -0.15) is 0 Å². The third-order valence-electron chi connectivity index (χ3n) is 5.88. The van der Waals surface area contributed by atoms with Crippen LogP contribution in [0.3, 0.4) is 0 Å². The van der Waals surface area contributed by atoms with Gasteiger partial charge in [0.15, 0.2) is 11.5 Å². The number of carbonyl (C=O) groups is 1. The van der Waals surface area contributed by atoms with Crippen LogP contribution < -0.4 is 14.8 Å². The van der Waals surface area contributed by atoms with E-state index in [1.54, 1.807) is 0 Å². The van der Waals surface area contributed by atoms with Crippen LogP contribution in [0.2, 0.25) is 0 Å². The summed E-state index contributed by atoms with van der Waals surface area (Å²) >= 11 is 0. The first kappa shape index (κ1) is 20.7. The van der Waals surface area contributed by atoms with Crippen molar-refractivity contribution in [2.24, 2.45) is 5.92 Å². The number of rotatable bonds is 8. The molecule has 0 atom stereocenters. The molecule has 1 fully saturated rings. The number of fused-ring (bicyclic) bond motifs is 1. The molecule has 1 saturated heterocycles. The van der Waals surface area contributed by atoms with Gasteiger partial charge < -0.3 is 24.6 Å². The predicted molar refractivity (Wildman–Crippen MR) is 118 cm³/mol. The van der Waals surface area contributed by atoms with Gasteiger partial charge in [0.25, 0.3) is 0 Å². The Labute approximate surface area is 178 Å². The fraction of sp³-hybridized carbons (Fsp3) is 0.458. The molecule has 0 bridgehead atoms. The van der Waals surface area contributed by atoms with Crippen LogP contribution in [0.25, 0.3) is 0 Å². The smallest absolute Gasteiger partial charge is 0.231 e. The third-order valence-corrected chi connectivity index (χ3v) is 5.88. The van der Waals surface area contributed by atoms with Gasteiger partial charge in [0.05, 0.1) is 0 Å². The highest BCUT2D eigenvalue weighted by molar-refractivity contribution is 5.91. The molecule has 1 N–H and O–H groups in total. The first-order valence-corrected chi connectivity index (χ1v) is 10.8. The molecule has 1 amide bonds. The number of nitrogens with one attached hydrogen (secondary N) is 1. The number of carbonyl (C=O) groups excluding carboxylic acids is 1. The zero-order valence-electron chi connectivity index (χ0n) is 17.7. The minimum Gasteiger partial charge on any atom is -0.454 e. The van der Waals surface area contributed by atoms with Gasteiger partial charge in [-0.15, -0.1) is 0 Å².